The van der Waals surface area contributed by atoms with E-state index in [1.54, 1.807) is 0 Å². The first-order valence-electron chi connectivity index (χ1n) is 4.07. The molecule has 0 aliphatic rings. The molecule has 1 aromatic rings. The van der Waals surface area contributed by atoms with Crippen molar-refractivity contribution in [3.05, 3.63) is 35.1 Å². The molecule has 0 spiro atoms. The number of halogens is 2. The number of rotatable bonds is 2. The van der Waals surface area contributed by atoms with E-state index >= 15 is 0 Å². The average Bonchev–Trinajstić information content (AvgIpc) is 2.21. The Balaban J connectivity index is 2.96. The van der Waals surface area contributed by atoms with Crippen LogP contribution in [0.1, 0.15) is 22.3 Å². The zero-order valence-electron chi connectivity index (χ0n) is 7.39. The molecule has 0 bridgehead atoms. The minimum atomic E-state index is -0.391. The van der Waals surface area contributed by atoms with Crippen LogP contribution in [0.4, 0.5) is 4.39 Å². The van der Waals surface area contributed by atoms with Crippen LogP contribution in [0.15, 0.2) is 18.2 Å². The molecule has 0 radical (unpaired) electrons. The van der Waals surface area contributed by atoms with Gasteiger partial charge in [0.1, 0.15) is 12.1 Å². The summed E-state index contributed by atoms with van der Waals surface area (Å²) in [5, 5.41) is 0.759. The van der Waals surface area contributed by atoms with Crippen molar-refractivity contribution in [2.75, 3.05) is 5.33 Å². The Morgan fingerprint density at radius 3 is 2.93 bits per heavy atom. The van der Waals surface area contributed by atoms with Crippen LogP contribution in [0.25, 0.3) is 0 Å². The first kappa shape index (κ1) is 10.9. The minimum absolute atomic E-state index is 0.274. The van der Waals surface area contributed by atoms with Crippen molar-refractivity contribution >= 4 is 22.2 Å². The van der Waals surface area contributed by atoms with Gasteiger partial charge in [0.05, 0.1) is 5.56 Å². The highest BCUT2D eigenvalue weighted by Crippen LogP contribution is 2.07. The van der Waals surface area contributed by atoms with Crippen LogP contribution in [0.2, 0.25) is 0 Å². The van der Waals surface area contributed by atoms with E-state index in [-0.39, 0.29) is 5.56 Å². The average molecular weight is 255 g/mol. The van der Waals surface area contributed by atoms with Crippen LogP contribution in [-0.2, 0) is 0 Å². The third-order valence-corrected chi connectivity index (χ3v) is 1.97. The van der Waals surface area contributed by atoms with E-state index < -0.39 is 5.82 Å². The summed E-state index contributed by atoms with van der Waals surface area (Å²) in [5.41, 5.74) is 0.713. The van der Waals surface area contributed by atoms with Gasteiger partial charge >= 0.3 is 0 Å². The van der Waals surface area contributed by atoms with Gasteiger partial charge in [-0.3, -0.25) is 4.79 Å². The molecule has 0 N–H and O–H groups in total. The zero-order valence-corrected chi connectivity index (χ0v) is 8.97. The van der Waals surface area contributed by atoms with Gasteiger partial charge in [0, 0.05) is 17.3 Å². The lowest BCUT2D eigenvalue weighted by Gasteiger charge is -1.94. The van der Waals surface area contributed by atoms with Gasteiger partial charge in [0.2, 0.25) is 0 Å². The van der Waals surface area contributed by atoms with Crippen molar-refractivity contribution in [2.45, 2.75) is 6.42 Å². The van der Waals surface area contributed by atoms with E-state index in [2.05, 4.69) is 27.8 Å². The van der Waals surface area contributed by atoms with Gasteiger partial charge in [0.25, 0.3) is 0 Å². The number of hydrogen-bond donors (Lipinski definition) is 0. The topological polar surface area (TPSA) is 17.1 Å². The van der Waals surface area contributed by atoms with E-state index in [1.165, 1.54) is 18.2 Å². The van der Waals surface area contributed by atoms with E-state index in [0.29, 0.717) is 18.3 Å². The Bertz CT molecular complexity index is 390. The summed E-state index contributed by atoms with van der Waals surface area (Å²) in [6, 6.07) is 4.13. The Morgan fingerprint density at radius 1 is 1.50 bits per heavy atom. The lowest BCUT2D eigenvalue weighted by atomic mass is 10.1. The van der Waals surface area contributed by atoms with Gasteiger partial charge in [-0.25, -0.2) is 4.39 Å². The molecule has 0 aliphatic heterocycles. The molecule has 0 fully saturated rings. The number of alkyl halides is 1. The minimum Gasteiger partial charge on any atom is -0.298 e. The second-order valence-electron chi connectivity index (χ2n) is 2.60. The molecular formula is C11H8BrFO. The molecule has 0 aromatic heterocycles. The van der Waals surface area contributed by atoms with Gasteiger partial charge in [-0.1, -0.05) is 27.8 Å². The molecule has 1 aromatic carbocycles. The maximum Gasteiger partial charge on any atom is 0.150 e. The number of carbonyl (C=O) groups is 1. The summed E-state index contributed by atoms with van der Waals surface area (Å²) in [5.74, 6) is 5.07. The predicted octanol–water partition coefficient (Wildman–Crippen LogP) is 2.77. The number of hydrogen-bond acceptors (Lipinski definition) is 1. The summed E-state index contributed by atoms with van der Waals surface area (Å²) < 4.78 is 13.1. The summed E-state index contributed by atoms with van der Waals surface area (Å²) in [7, 11) is 0. The van der Waals surface area contributed by atoms with Crippen molar-refractivity contribution < 1.29 is 9.18 Å². The van der Waals surface area contributed by atoms with Crippen LogP contribution in [0.3, 0.4) is 0 Å². The monoisotopic (exact) mass is 254 g/mol. The largest absolute Gasteiger partial charge is 0.298 e. The molecule has 0 atom stereocenters. The Hall–Kier alpha value is -1.14. The fourth-order valence-corrected chi connectivity index (χ4v) is 1.12. The normalized spacial score (nSPS) is 9.00. The van der Waals surface area contributed by atoms with Gasteiger partial charge in [0.15, 0.2) is 0 Å². The molecule has 0 heterocycles. The molecule has 1 rings (SSSR count). The van der Waals surface area contributed by atoms with Crippen LogP contribution >= 0.6 is 15.9 Å². The zero-order chi connectivity index (χ0) is 10.4. The quantitative estimate of drug-likeness (QED) is 0.451. The highest BCUT2D eigenvalue weighted by Gasteiger charge is 1.99. The molecule has 0 saturated heterocycles. The van der Waals surface area contributed by atoms with E-state index in [1.807, 2.05) is 0 Å². The second kappa shape index (κ2) is 5.56. The molecule has 0 aliphatic carbocycles. The molecular weight excluding hydrogens is 247 g/mol. The molecule has 14 heavy (non-hydrogen) atoms. The van der Waals surface area contributed by atoms with Crippen molar-refractivity contribution in [1.82, 2.24) is 0 Å². The Morgan fingerprint density at radius 2 is 2.29 bits per heavy atom. The molecule has 1 nitrogen and oxygen atoms in total. The molecule has 72 valence electrons. The van der Waals surface area contributed by atoms with Crippen LogP contribution < -0.4 is 0 Å². The summed E-state index contributed by atoms with van der Waals surface area (Å²) in [6.45, 7) is 0. The lowest BCUT2D eigenvalue weighted by molar-refractivity contribution is 0.112. The first-order chi connectivity index (χ1) is 6.77. The highest BCUT2D eigenvalue weighted by molar-refractivity contribution is 9.09. The number of aldehydes is 1. The van der Waals surface area contributed by atoms with Gasteiger partial charge in [-0.15, -0.1) is 0 Å². The smallest absolute Gasteiger partial charge is 0.150 e. The first-order valence-corrected chi connectivity index (χ1v) is 5.19. The molecule has 3 heteroatoms. The van der Waals surface area contributed by atoms with Gasteiger partial charge < -0.3 is 0 Å². The van der Waals surface area contributed by atoms with Gasteiger partial charge in [-0.2, -0.15) is 0 Å². The summed E-state index contributed by atoms with van der Waals surface area (Å²) in [6.07, 6.45) is 1.33. The molecule has 0 unspecified atom stereocenters. The standard InChI is InChI=1S/C11H8BrFO/c12-6-2-1-3-10-7-9(8-14)4-5-11(10)13/h4-5,7-8H,2,6H2. The molecule has 0 amide bonds. The maximum absolute atomic E-state index is 13.1. The lowest BCUT2D eigenvalue weighted by Crippen LogP contribution is -1.87. The number of carbonyl (C=O) groups excluding carboxylic acids is 1. The Kier molecular flexibility index (Phi) is 4.34. The van der Waals surface area contributed by atoms with E-state index in [4.69, 9.17) is 0 Å². The van der Waals surface area contributed by atoms with Crippen LogP contribution in [0.5, 0.6) is 0 Å². The van der Waals surface area contributed by atoms with E-state index in [9.17, 15) is 9.18 Å². The van der Waals surface area contributed by atoms with Crippen LogP contribution in [-0.4, -0.2) is 11.6 Å². The van der Waals surface area contributed by atoms with Crippen molar-refractivity contribution in [3.63, 3.8) is 0 Å². The van der Waals surface area contributed by atoms with Gasteiger partial charge in [-0.05, 0) is 18.2 Å². The fraction of sp³-hybridized carbons (Fsp3) is 0.182. The SMILES string of the molecule is O=Cc1ccc(F)c(C#CCCBr)c1. The van der Waals surface area contributed by atoms with Crippen molar-refractivity contribution in [1.29, 1.82) is 0 Å². The third-order valence-electron chi connectivity index (χ3n) is 1.57. The maximum atomic E-state index is 13.1. The second-order valence-corrected chi connectivity index (χ2v) is 3.39. The predicted molar refractivity (Wildman–Crippen MR) is 57.1 cm³/mol. The molecule has 0 saturated carbocycles. The summed E-state index contributed by atoms with van der Waals surface area (Å²) in [4.78, 5) is 10.4. The summed E-state index contributed by atoms with van der Waals surface area (Å²) >= 11 is 3.22. The number of benzene rings is 1. The van der Waals surface area contributed by atoms with Crippen LogP contribution in [0, 0.1) is 17.7 Å². The van der Waals surface area contributed by atoms with Crippen molar-refractivity contribution in [3.8, 4) is 11.8 Å². The Labute approximate surface area is 90.4 Å². The van der Waals surface area contributed by atoms with Crippen molar-refractivity contribution in [2.24, 2.45) is 0 Å². The fourth-order valence-electron chi connectivity index (χ4n) is 0.917. The highest BCUT2D eigenvalue weighted by atomic mass is 79.9. The van der Waals surface area contributed by atoms with E-state index in [0.717, 1.165) is 5.33 Å². The third kappa shape index (κ3) is 2.97.